The minimum Gasteiger partial charge on any atom is -0.406 e. The maximum absolute atomic E-state index is 12.0. The van der Waals surface area contributed by atoms with Crippen molar-refractivity contribution in [2.45, 2.75) is 6.36 Å². The van der Waals surface area contributed by atoms with Gasteiger partial charge in [-0.2, -0.15) is 0 Å². The summed E-state index contributed by atoms with van der Waals surface area (Å²) in [6, 6.07) is 6.79. The summed E-state index contributed by atoms with van der Waals surface area (Å²) < 4.78 is 41.2. The SMILES string of the molecule is Cn1cc(-c2ccc(OC(F)(F)F)cc2)cc(N)c1=O. The number of nitrogens with zero attached hydrogens (tertiary/aromatic N) is 1. The van der Waals surface area contributed by atoms with Gasteiger partial charge in [0.1, 0.15) is 5.75 Å². The number of aryl methyl sites for hydroxylation is 1. The molecule has 106 valence electrons. The maximum atomic E-state index is 12.0. The van der Waals surface area contributed by atoms with E-state index in [1.54, 1.807) is 13.2 Å². The van der Waals surface area contributed by atoms with E-state index < -0.39 is 6.36 Å². The molecule has 0 saturated heterocycles. The van der Waals surface area contributed by atoms with E-state index in [2.05, 4.69) is 4.74 Å². The predicted molar refractivity (Wildman–Crippen MR) is 68.2 cm³/mol. The topological polar surface area (TPSA) is 57.2 Å². The highest BCUT2D eigenvalue weighted by Crippen LogP contribution is 2.26. The van der Waals surface area contributed by atoms with Gasteiger partial charge in [-0.05, 0) is 23.8 Å². The van der Waals surface area contributed by atoms with Crippen LogP contribution in [0, 0.1) is 0 Å². The molecule has 0 aliphatic heterocycles. The van der Waals surface area contributed by atoms with Crippen LogP contribution in [0.5, 0.6) is 5.75 Å². The number of nitrogen functional groups attached to an aromatic ring is 1. The molecule has 1 aromatic carbocycles. The molecule has 0 radical (unpaired) electrons. The van der Waals surface area contributed by atoms with Crippen molar-refractivity contribution in [2.75, 3.05) is 5.73 Å². The van der Waals surface area contributed by atoms with E-state index in [0.717, 1.165) is 0 Å². The number of hydrogen-bond donors (Lipinski definition) is 1. The molecule has 20 heavy (non-hydrogen) atoms. The van der Waals surface area contributed by atoms with Crippen LogP contribution in [0.3, 0.4) is 0 Å². The van der Waals surface area contributed by atoms with Gasteiger partial charge in [0.15, 0.2) is 0 Å². The van der Waals surface area contributed by atoms with Crippen molar-refractivity contribution in [1.82, 2.24) is 4.57 Å². The normalized spacial score (nSPS) is 11.4. The van der Waals surface area contributed by atoms with Crippen molar-refractivity contribution < 1.29 is 17.9 Å². The van der Waals surface area contributed by atoms with Crippen LogP contribution in [0.1, 0.15) is 0 Å². The zero-order chi connectivity index (χ0) is 14.9. The molecule has 0 unspecified atom stereocenters. The van der Waals surface area contributed by atoms with E-state index in [9.17, 15) is 18.0 Å². The Hall–Kier alpha value is -2.44. The fraction of sp³-hybridized carbons (Fsp3) is 0.154. The zero-order valence-electron chi connectivity index (χ0n) is 10.4. The molecule has 0 aliphatic carbocycles. The number of benzene rings is 1. The van der Waals surface area contributed by atoms with Crippen LogP contribution in [0.25, 0.3) is 11.1 Å². The number of pyridine rings is 1. The summed E-state index contributed by atoms with van der Waals surface area (Å²) >= 11 is 0. The molecular weight excluding hydrogens is 273 g/mol. The second-order valence-electron chi connectivity index (χ2n) is 4.17. The summed E-state index contributed by atoms with van der Waals surface area (Å²) in [5.41, 5.74) is 6.56. The second-order valence-corrected chi connectivity index (χ2v) is 4.17. The molecule has 0 bridgehead atoms. The Morgan fingerprint density at radius 3 is 2.25 bits per heavy atom. The third-order valence-corrected chi connectivity index (χ3v) is 2.63. The first-order valence-corrected chi connectivity index (χ1v) is 5.58. The van der Waals surface area contributed by atoms with Gasteiger partial charge in [-0.3, -0.25) is 4.79 Å². The van der Waals surface area contributed by atoms with Crippen LogP contribution >= 0.6 is 0 Å². The number of nitrogens with two attached hydrogens (primary N) is 1. The highest BCUT2D eigenvalue weighted by atomic mass is 19.4. The Kier molecular flexibility index (Phi) is 3.44. The molecule has 0 spiro atoms. The molecule has 0 atom stereocenters. The fourth-order valence-corrected chi connectivity index (χ4v) is 1.74. The minimum absolute atomic E-state index is 0.0700. The lowest BCUT2D eigenvalue weighted by Crippen LogP contribution is -2.19. The van der Waals surface area contributed by atoms with E-state index in [4.69, 9.17) is 5.73 Å². The predicted octanol–water partition coefficient (Wildman–Crippen LogP) is 2.53. The van der Waals surface area contributed by atoms with Gasteiger partial charge in [0.25, 0.3) is 5.56 Å². The largest absolute Gasteiger partial charge is 0.573 e. The Morgan fingerprint density at radius 1 is 1.15 bits per heavy atom. The van der Waals surface area contributed by atoms with Gasteiger partial charge in [-0.1, -0.05) is 12.1 Å². The van der Waals surface area contributed by atoms with E-state index in [1.807, 2.05) is 0 Å². The molecular formula is C13H11F3N2O2. The van der Waals surface area contributed by atoms with Crippen molar-refractivity contribution in [2.24, 2.45) is 7.05 Å². The Labute approximate surface area is 112 Å². The average molecular weight is 284 g/mol. The third kappa shape index (κ3) is 3.11. The van der Waals surface area contributed by atoms with Crippen LogP contribution < -0.4 is 16.0 Å². The van der Waals surface area contributed by atoms with Crippen molar-refractivity contribution in [3.63, 3.8) is 0 Å². The van der Waals surface area contributed by atoms with Crippen LogP contribution in [0.15, 0.2) is 41.3 Å². The van der Waals surface area contributed by atoms with E-state index in [-0.39, 0.29) is 17.0 Å². The van der Waals surface area contributed by atoms with E-state index >= 15 is 0 Å². The lowest BCUT2D eigenvalue weighted by Gasteiger charge is -2.10. The van der Waals surface area contributed by atoms with E-state index in [0.29, 0.717) is 11.1 Å². The Morgan fingerprint density at radius 2 is 1.75 bits per heavy atom. The molecule has 1 heterocycles. The first kappa shape index (κ1) is 14.0. The maximum Gasteiger partial charge on any atom is 0.573 e. The van der Waals surface area contributed by atoms with Gasteiger partial charge in [0.2, 0.25) is 0 Å². The summed E-state index contributed by atoms with van der Waals surface area (Å²) in [6.07, 6.45) is -3.17. The first-order chi connectivity index (χ1) is 9.26. The van der Waals surface area contributed by atoms with E-state index in [1.165, 1.54) is 34.9 Å². The number of alkyl halides is 3. The number of anilines is 1. The van der Waals surface area contributed by atoms with Gasteiger partial charge < -0.3 is 15.0 Å². The second kappa shape index (κ2) is 4.92. The monoisotopic (exact) mass is 284 g/mol. The molecule has 0 fully saturated rings. The molecule has 2 rings (SSSR count). The quantitative estimate of drug-likeness (QED) is 0.922. The van der Waals surface area contributed by atoms with Crippen molar-refractivity contribution in [3.05, 3.63) is 46.9 Å². The molecule has 0 aliphatic rings. The number of aromatic nitrogens is 1. The summed E-state index contributed by atoms with van der Waals surface area (Å²) in [7, 11) is 1.54. The summed E-state index contributed by atoms with van der Waals surface area (Å²) in [6.45, 7) is 0. The molecule has 2 N–H and O–H groups in total. The highest BCUT2D eigenvalue weighted by molar-refractivity contribution is 5.66. The lowest BCUT2D eigenvalue weighted by atomic mass is 10.1. The third-order valence-electron chi connectivity index (χ3n) is 2.63. The molecule has 0 saturated carbocycles. The van der Waals surface area contributed by atoms with Crippen LogP contribution in [0.4, 0.5) is 18.9 Å². The molecule has 1 aromatic heterocycles. The van der Waals surface area contributed by atoms with Crippen LogP contribution in [0.2, 0.25) is 0 Å². The Balaban J connectivity index is 2.33. The van der Waals surface area contributed by atoms with Crippen molar-refractivity contribution in [1.29, 1.82) is 0 Å². The summed E-state index contributed by atoms with van der Waals surface area (Å²) in [5, 5.41) is 0. The fourth-order valence-electron chi connectivity index (χ4n) is 1.74. The van der Waals surface area contributed by atoms with Crippen molar-refractivity contribution >= 4 is 5.69 Å². The zero-order valence-corrected chi connectivity index (χ0v) is 10.4. The number of rotatable bonds is 2. The first-order valence-electron chi connectivity index (χ1n) is 5.58. The van der Waals surface area contributed by atoms with Crippen LogP contribution in [-0.2, 0) is 7.05 Å². The Bertz CT molecular complexity index is 649. The molecule has 7 heteroatoms. The summed E-state index contributed by atoms with van der Waals surface area (Å²) in [4.78, 5) is 11.5. The standard InChI is InChI=1S/C13H11F3N2O2/c1-18-7-9(6-11(17)12(18)19)8-2-4-10(5-3-8)20-13(14,15)16/h2-7H,17H2,1H3. The molecule has 4 nitrogen and oxygen atoms in total. The average Bonchev–Trinajstić information content (AvgIpc) is 2.34. The van der Waals surface area contributed by atoms with Crippen LogP contribution in [-0.4, -0.2) is 10.9 Å². The van der Waals surface area contributed by atoms with Gasteiger partial charge in [-0.15, -0.1) is 13.2 Å². The molecule has 2 aromatic rings. The van der Waals surface area contributed by atoms with Gasteiger partial charge in [0, 0.05) is 18.8 Å². The number of ether oxygens (including phenoxy) is 1. The lowest BCUT2D eigenvalue weighted by molar-refractivity contribution is -0.274. The van der Waals surface area contributed by atoms with Crippen molar-refractivity contribution in [3.8, 4) is 16.9 Å². The van der Waals surface area contributed by atoms with Gasteiger partial charge in [0.05, 0.1) is 5.69 Å². The minimum atomic E-state index is -4.72. The van der Waals surface area contributed by atoms with Gasteiger partial charge in [-0.25, -0.2) is 0 Å². The summed E-state index contributed by atoms with van der Waals surface area (Å²) in [5.74, 6) is -0.306. The molecule has 0 amide bonds. The van der Waals surface area contributed by atoms with Gasteiger partial charge >= 0.3 is 6.36 Å². The number of halogens is 3. The number of hydrogen-bond acceptors (Lipinski definition) is 3. The highest BCUT2D eigenvalue weighted by Gasteiger charge is 2.30. The smallest absolute Gasteiger partial charge is 0.406 e.